The molecule has 0 spiro atoms. The molecule has 0 nitrogen and oxygen atoms in total. The molecular weight excluding hydrogens is 216 g/mol. The number of halogens is 1. The van der Waals surface area contributed by atoms with E-state index in [0.717, 1.165) is 6.42 Å². The maximum absolute atomic E-state index is 6.54. The second-order valence-electron chi connectivity index (χ2n) is 5.02. The number of hydrogen-bond acceptors (Lipinski definition) is 0. The normalized spacial score (nSPS) is 26.2. The summed E-state index contributed by atoms with van der Waals surface area (Å²) in [6.45, 7) is 4.55. The highest BCUT2D eigenvalue weighted by atomic mass is 35.5. The Bertz CT molecular complexity index is 345. The van der Waals surface area contributed by atoms with Crippen molar-refractivity contribution < 1.29 is 0 Å². The van der Waals surface area contributed by atoms with Gasteiger partial charge in [0.1, 0.15) is 0 Å². The molecule has 0 heterocycles. The Kier molecular flexibility index (Phi) is 3.91. The van der Waals surface area contributed by atoms with Gasteiger partial charge in [0.25, 0.3) is 0 Å². The molecule has 3 atom stereocenters. The van der Waals surface area contributed by atoms with E-state index in [1.165, 1.54) is 30.4 Å². The first-order valence-electron chi connectivity index (χ1n) is 6.47. The number of rotatable bonds is 3. The van der Waals surface area contributed by atoms with Crippen LogP contribution in [-0.2, 0) is 0 Å². The van der Waals surface area contributed by atoms with Crippen LogP contribution in [0, 0.1) is 0 Å². The lowest BCUT2D eigenvalue weighted by molar-refractivity contribution is 0.472. The van der Waals surface area contributed by atoms with Crippen molar-refractivity contribution in [1.29, 1.82) is 0 Å². The molecule has 0 amide bonds. The maximum atomic E-state index is 6.54. The molecule has 2 rings (SSSR count). The van der Waals surface area contributed by atoms with Crippen molar-refractivity contribution in [3.63, 3.8) is 0 Å². The molecule has 0 aliphatic heterocycles. The molecule has 0 saturated carbocycles. The van der Waals surface area contributed by atoms with E-state index in [4.69, 9.17) is 11.6 Å². The van der Waals surface area contributed by atoms with Crippen LogP contribution in [0.3, 0.4) is 0 Å². The Hall–Kier alpha value is -0.490. The van der Waals surface area contributed by atoms with Gasteiger partial charge < -0.3 is 0 Å². The lowest BCUT2D eigenvalue weighted by Crippen LogP contribution is -2.20. The third-order valence-electron chi connectivity index (χ3n) is 3.84. The minimum absolute atomic E-state index is 0.318. The average molecular weight is 237 g/mol. The van der Waals surface area contributed by atoms with Crippen LogP contribution in [0.5, 0.6) is 0 Å². The summed E-state index contributed by atoms with van der Waals surface area (Å²) < 4.78 is 0. The Morgan fingerprint density at radius 3 is 2.62 bits per heavy atom. The molecular formula is C15H21Cl. The van der Waals surface area contributed by atoms with Crippen molar-refractivity contribution in [2.45, 2.75) is 56.7 Å². The first-order valence-corrected chi connectivity index (χ1v) is 6.90. The van der Waals surface area contributed by atoms with Gasteiger partial charge in [-0.3, -0.25) is 0 Å². The van der Waals surface area contributed by atoms with Crippen LogP contribution < -0.4 is 0 Å². The van der Waals surface area contributed by atoms with Crippen molar-refractivity contribution in [3.8, 4) is 0 Å². The third kappa shape index (κ3) is 2.27. The molecule has 0 saturated heterocycles. The molecule has 88 valence electrons. The number of hydrogen-bond donors (Lipinski definition) is 0. The first-order chi connectivity index (χ1) is 7.74. The predicted molar refractivity (Wildman–Crippen MR) is 71.4 cm³/mol. The van der Waals surface area contributed by atoms with Crippen LogP contribution >= 0.6 is 11.6 Å². The molecule has 0 bridgehead atoms. The zero-order valence-electron chi connectivity index (χ0n) is 10.2. The van der Waals surface area contributed by atoms with Crippen LogP contribution in [0.2, 0.25) is 0 Å². The fraction of sp³-hybridized carbons (Fsp3) is 0.600. The Morgan fingerprint density at radius 2 is 1.94 bits per heavy atom. The molecule has 1 aromatic carbocycles. The van der Waals surface area contributed by atoms with E-state index in [1.807, 2.05) is 0 Å². The average Bonchev–Trinajstić information content (AvgIpc) is 2.30. The molecule has 0 N–H and O–H groups in total. The molecule has 3 unspecified atom stereocenters. The lowest BCUT2D eigenvalue weighted by Gasteiger charge is -2.32. The monoisotopic (exact) mass is 236 g/mol. The van der Waals surface area contributed by atoms with Crippen LogP contribution in [0.15, 0.2) is 24.3 Å². The van der Waals surface area contributed by atoms with Gasteiger partial charge in [0.05, 0.1) is 0 Å². The molecule has 0 radical (unpaired) electrons. The maximum Gasteiger partial charge on any atom is 0.0404 e. The van der Waals surface area contributed by atoms with E-state index >= 15 is 0 Å². The Morgan fingerprint density at radius 1 is 1.25 bits per heavy atom. The Balaban J connectivity index is 2.27. The highest BCUT2D eigenvalue weighted by Crippen LogP contribution is 2.42. The van der Waals surface area contributed by atoms with Gasteiger partial charge in [0.15, 0.2) is 0 Å². The zero-order chi connectivity index (χ0) is 11.5. The van der Waals surface area contributed by atoms with E-state index < -0.39 is 0 Å². The predicted octanol–water partition coefficient (Wildman–Crippen LogP) is 5.08. The smallest absolute Gasteiger partial charge is 0.0404 e. The molecule has 16 heavy (non-hydrogen) atoms. The summed E-state index contributed by atoms with van der Waals surface area (Å²) in [6.07, 6.45) is 4.86. The summed E-state index contributed by atoms with van der Waals surface area (Å²) in [5.74, 6) is 1.28. The van der Waals surface area contributed by atoms with Gasteiger partial charge >= 0.3 is 0 Å². The zero-order valence-corrected chi connectivity index (χ0v) is 11.0. The summed E-state index contributed by atoms with van der Waals surface area (Å²) in [5.41, 5.74) is 3.04. The quantitative estimate of drug-likeness (QED) is 0.643. The van der Waals surface area contributed by atoms with E-state index in [9.17, 15) is 0 Å². The molecule has 1 aliphatic carbocycles. The fourth-order valence-corrected chi connectivity index (χ4v) is 3.37. The van der Waals surface area contributed by atoms with Gasteiger partial charge in [-0.05, 0) is 36.3 Å². The minimum atomic E-state index is 0.318. The summed E-state index contributed by atoms with van der Waals surface area (Å²) in [7, 11) is 0. The molecule has 1 aromatic rings. The van der Waals surface area contributed by atoms with Gasteiger partial charge in [-0.25, -0.2) is 0 Å². The van der Waals surface area contributed by atoms with Gasteiger partial charge in [-0.1, -0.05) is 44.5 Å². The third-order valence-corrected chi connectivity index (χ3v) is 4.36. The highest BCUT2D eigenvalue weighted by Gasteiger charge is 2.28. The van der Waals surface area contributed by atoms with Crippen LogP contribution in [-0.4, -0.2) is 5.38 Å². The minimum Gasteiger partial charge on any atom is -0.122 e. The second kappa shape index (κ2) is 5.23. The SMILES string of the molecule is CCCC(Cl)C1CCC(C)c2ccccc21. The molecule has 0 aromatic heterocycles. The van der Waals surface area contributed by atoms with E-state index in [-0.39, 0.29) is 0 Å². The van der Waals surface area contributed by atoms with E-state index in [0.29, 0.717) is 17.2 Å². The summed E-state index contributed by atoms with van der Waals surface area (Å²) in [4.78, 5) is 0. The molecule has 1 heteroatoms. The Labute approximate surface area is 104 Å². The van der Waals surface area contributed by atoms with Crippen LogP contribution in [0.4, 0.5) is 0 Å². The van der Waals surface area contributed by atoms with Crippen LogP contribution in [0.25, 0.3) is 0 Å². The fourth-order valence-electron chi connectivity index (χ4n) is 2.89. The van der Waals surface area contributed by atoms with Crippen molar-refractivity contribution in [2.24, 2.45) is 0 Å². The highest BCUT2D eigenvalue weighted by molar-refractivity contribution is 6.21. The number of fused-ring (bicyclic) bond motifs is 1. The standard InChI is InChI=1S/C15H21Cl/c1-3-6-15(16)14-10-9-11(2)12-7-4-5-8-13(12)14/h4-5,7-8,11,14-15H,3,6,9-10H2,1-2H3. The molecule has 0 fully saturated rings. The largest absolute Gasteiger partial charge is 0.122 e. The second-order valence-corrected chi connectivity index (χ2v) is 5.58. The summed E-state index contributed by atoms with van der Waals surface area (Å²) >= 11 is 6.54. The van der Waals surface area contributed by atoms with Crippen molar-refractivity contribution in [3.05, 3.63) is 35.4 Å². The van der Waals surface area contributed by atoms with Gasteiger partial charge in [-0.15, -0.1) is 11.6 Å². The van der Waals surface area contributed by atoms with Crippen molar-refractivity contribution >= 4 is 11.6 Å². The van der Waals surface area contributed by atoms with E-state index in [1.54, 1.807) is 0 Å². The van der Waals surface area contributed by atoms with Gasteiger partial charge in [0.2, 0.25) is 0 Å². The van der Waals surface area contributed by atoms with Crippen LogP contribution in [0.1, 0.15) is 62.5 Å². The summed E-state index contributed by atoms with van der Waals surface area (Å²) in [5, 5.41) is 0.318. The van der Waals surface area contributed by atoms with Gasteiger partial charge in [-0.2, -0.15) is 0 Å². The number of benzene rings is 1. The summed E-state index contributed by atoms with van der Waals surface area (Å²) in [6, 6.07) is 8.86. The number of alkyl halides is 1. The van der Waals surface area contributed by atoms with Crippen molar-refractivity contribution in [1.82, 2.24) is 0 Å². The van der Waals surface area contributed by atoms with E-state index in [2.05, 4.69) is 38.1 Å². The van der Waals surface area contributed by atoms with Gasteiger partial charge in [0, 0.05) is 11.3 Å². The molecule has 1 aliphatic rings. The lowest BCUT2D eigenvalue weighted by atomic mass is 9.75. The topological polar surface area (TPSA) is 0 Å². The van der Waals surface area contributed by atoms with Crippen molar-refractivity contribution in [2.75, 3.05) is 0 Å². The first kappa shape index (κ1) is 12.0.